The van der Waals surface area contributed by atoms with Crippen molar-refractivity contribution in [3.8, 4) is 0 Å². The molecule has 0 atom stereocenters. The first-order valence-corrected chi connectivity index (χ1v) is 5.65. The van der Waals surface area contributed by atoms with Gasteiger partial charge in [0.05, 0.1) is 6.54 Å². The highest BCUT2D eigenvalue weighted by molar-refractivity contribution is 5.75. The first-order valence-electron chi connectivity index (χ1n) is 5.65. The van der Waals surface area contributed by atoms with Crippen LogP contribution in [0.15, 0.2) is 48.2 Å². The Balaban J connectivity index is 2.29. The molecule has 17 heavy (non-hydrogen) atoms. The third-order valence-corrected chi connectivity index (χ3v) is 2.52. The Hall–Kier alpha value is -2.03. The van der Waals surface area contributed by atoms with Gasteiger partial charge in [0.15, 0.2) is 0 Å². The maximum absolute atomic E-state index is 11.5. The molecule has 0 radical (unpaired) electrons. The molecule has 0 spiro atoms. The largest absolute Gasteiger partial charge is 0.447 e. The van der Waals surface area contributed by atoms with Crippen LogP contribution in [0.25, 0.3) is 6.08 Å². The van der Waals surface area contributed by atoms with Crippen molar-refractivity contribution in [3.63, 3.8) is 0 Å². The molecule has 1 aliphatic rings. The van der Waals surface area contributed by atoms with E-state index in [1.165, 1.54) is 0 Å². The third kappa shape index (κ3) is 2.75. The second-order valence-electron chi connectivity index (χ2n) is 3.75. The van der Waals surface area contributed by atoms with Crippen LogP contribution in [0.2, 0.25) is 0 Å². The zero-order valence-electron chi connectivity index (χ0n) is 9.80. The quantitative estimate of drug-likeness (QED) is 0.745. The molecule has 1 aromatic carbocycles. The summed E-state index contributed by atoms with van der Waals surface area (Å²) in [7, 11) is 0. The molecule has 1 saturated heterocycles. The van der Waals surface area contributed by atoms with Gasteiger partial charge in [-0.05, 0) is 24.6 Å². The molecule has 88 valence electrons. The van der Waals surface area contributed by atoms with Crippen LogP contribution >= 0.6 is 0 Å². The topological polar surface area (TPSA) is 29.5 Å². The summed E-state index contributed by atoms with van der Waals surface area (Å²) >= 11 is 0. The summed E-state index contributed by atoms with van der Waals surface area (Å²) in [5.74, 6) is 0. The van der Waals surface area contributed by atoms with E-state index in [4.69, 9.17) is 4.74 Å². The van der Waals surface area contributed by atoms with Gasteiger partial charge in [-0.1, -0.05) is 36.4 Å². The fourth-order valence-corrected chi connectivity index (χ4v) is 1.73. The highest BCUT2D eigenvalue weighted by Gasteiger charge is 2.23. The fraction of sp³-hybridized carbons (Fsp3) is 0.214. The number of benzene rings is 1. The maximum atomic E-state index is 11.5. The van der Waals surface area contributed by atoms with E-state index in [-0.39, 0.29) is 6.09 Å². The summed E-state index contributed by atoms with van der Waals surface area (Å²) in [5, 5.41) is 0. The molecule has 2 rings (SSSR count). The molecule has 0 aliphatic carbocycles. The minimum Gasteiger partial charge on any atom is -0.447 e. The van der Waals surface area contributed by atoms with E-state index in [0.29, 0.717) is 13.2 Å². The number of carbonyl (C=O) groups is 1. The van der Waals surface area contributed by atoms with Gasteiger partial charge in [0.25, 0.3) is 0 Å². The number of nitrogens with zero attached hydrogens (tertiary/aromatic N) is 1. The molecule has 1 amide bonds. The van der Waals surface area contributed by atoms with Crippen molar-refractivity contribution < 1.29 is 9.53 Å². The zero-order chi connectivity index (χ0) is 12.1. The first-order chi connectivity index (χ1) is 8.31. The van der Waals surface area contributed by atoms with Gasteiger partial charge >= 0.3 is 6.09 Å². The standard InChI is InChI=1S/C14H15NO2/c1-2-6-13(15-9-10-17-14(15)16)11-12-7-4-3-5-8-12/h2-8,11H,9-10H2,1H3/b6-2+,13-11+. The van der Waals surface area contributed by atoms with E-state index >= 15 is 0 Å². The number of cyclic esters (lactones) is 1. The molecule has 1 fully saturated rings. The van der Waals surface area contributed by atoms with Crippen molar-refractivity contribution in [2.45, 2.75) is 6.92 Å². The molecular formula is C14H15NO2. The molecule has 0 aromatic heterocycles. The lowest BCUT2D eigenvalue weighted by molar-refractivity contribution is 0.165. The van der Waals surface area contributed by atoms with E-state index in [1.54, 1.807) is 4.90 Å². The zero-order valence-corrected chi connectivity index (χ0v) is 9.80. The summed E-state index contributed by atoms with van der Waals surface area (Å²) < 4.78 is 4.94. The van der Waals surface area contributed by atoms with Gasteiger partial charge in [-0.2, -0.15) is 0 Å². The van der Waals surface area contributed by atoms with E-state index in [9.17, 15) is 4.79 Å². The van der Waals surface area contributed by atoms with Gasteiger partial charge in [0.2, 0.25) is 0 Å². The maximum Gasteiger partial charge on any atom is 0.414 e. The summed E-state index contributed by atoms with van der Waals surface area (Å²) in [5.41, 5.74) is 1.93. The summed E-state index contributed by atoms with van der Waals surface area (Å²) in [6.45, 7) is 3.00. The fourth-order valence-electron chi connectivity index (χ4n) is 1.73. The number of hydrogen-bond donors (Lipinski definition) is 0. The molecule has 3 heteroatoms. The minimum absolute atomic E-state index is 0.273. The van der Waals surface area contributed by atoms with E-state index in [2.05, 4.69) is 0 Å². The van der Waals surface area contributed by atoms with E-state index in [0.717, 1.165) is 11.3 Å². The van der Waals surface area contributed by atoms with Crippen molar-refractivity contribution >= 4 is 12.2 Å². The van der Waals surface area contributed by atoms with Crippen LogP contribution in [0.4, 0.5) is 4.79 Å². The van der Waals surface area contributed by atoms with Crippen molar-refractivity contribution in [3.05, 3.63) is 53.7 Å². The summed E-state index contributed by atoms with van der Waals surface area (Å²) in [6, 6.07) is 9.93. The molecule has 3 nitrogen and oxygen atoms in total. The molecular weight excluding hydrogens is 214 g/mol. The van der Waals surface area contributed by atoms with Crippen LogP contribution in [0.3, 0.4) is 0 Å². The third-order valence-electron chi connectivity index (χ3n) is 2.52. The van der Waals surface area contributed by atoms with Crippen molar-refractivity contribution in [2.24, 2.45) is 0 Å². The summed E-state index contributed by atoms with van der Waals surface area (Å²) in [4.78, 5) is 13.2. The van der Waals surface area contributed by atoms with Crippen molar-refractivity contribution in [1.29, 1.82) is 0 Å². The number of rotatable bonds is 3. The number of hydrogen-bond acceptors (Lipinski definition) is 2. The highest BCUT2D eigenvalue weighted by Crippen LogP contribution is 2.17. The normalized spacial score (nSPS) is 16.6. The Morgan fingerprint density at radius 2 is 2.12 bits per heavy atom. The SMILES string of the molecule is C/C=C/C(=C\c1ccccc1)N1CCOC1=O. The molecule has 0 unspecified atom stereocenters. The van der Waals surface area contributed by atoms with Crippen LogP contribution in [-0.4, -0.2) is 24.1 Å². The van der Waals surface area contributed by atoms with Crippen LogP contribution in [-0.2, 0) is 4.74 Å². The Labute approximate surface area is 101 Å². The number of ether oxygens (including phenoxy) is 1. The first kappa shape index (κ1) is 11.5. The Morgan fingerprint density at radius 1 is 1.35 bits per heavy atom. The number of carbonyl (C=O) groups excluding carboxylic acids is 1. The van der Waals surface area contributed by atoms with Gasteiger partial charge in [0.1, 0.15) is 6.61 Å². The molecule has 1 heterocycles. The van der Waals surface area contributed by atoms with E-state index < -0.39 is 0 Å². The lowest BCUT2D eigenvalue weighted by atomic mass is 10.2. The van der Waals surface area contributed by atoms with Crippen LogP contribution in [0, 0.1) is 0 Å². The molecule has 0 bridgehead atoms. The predicted octanol–water partition coefficient (Wildman–Crippen LogP) is 3.06. The van der Waals surface area contributed by atoms with Crippen molar-refractivity contribution in [1.82, 2.24) is 4.90 Å². The van der Waals surface area contributed by atoms with Gasteiger partial charge in [-0.3, -0.25) is 4.90 Å². The van der Waals surface area contributed by atoms with E-state index in [1.807, 2.05) is 55.5 Å². The minimum atomic E-state index is -0.273. The lowest BCUT2D eigenvalue weighted by Crippen LogP contribution is -2.22. The number of amides is 1. The van der Waals surface area contributed by atoms with Gasteiger partial charge < -0.3 is 4.74 Å². The van der Waals surface area contributed by atoms with Crippen LogP contribution in [0.1, 0.15) is 12.5 Å². The Bertz CT molecular complexity index is 449. The van der Waals surface area contributed by atoms with Gasteiger partial charge in [-0.25, -0.2) is 4.79 Å². The molecule has 1 aliphatic heterocycles. The Kier molecular flexibility index (Phi) is 3.60. The molecule has 1 aromatic rings. The van der Waals surface area contributed by atoms with Crippen LogP contribution in [0.5, 0.6) is 0 Å². The number of allylic oxidation sites excluding steroid dienone is 2. The van der Waals surface area contributed by atoms with Gasteiger partial charge in [-0.15, -0.1) is 0 Å². The molecule has 0 N–H and O–H groups in total. The lowest BCUT2D eigenvalue weighted by Gasteiger charge is -2.13. The highest BCUT2D eigenvalue weighted by atomic mass is 16.6. The van der Waals surface area contributed by atoms with Gasteiger partial charge in [0, 0.05) is 5.70 Å². The molecule has 0 saturated carbocycles. The second-order valence-corrected chi connectivity index (χ2v) is 3.75. The van der Waals surface area contributed by atoms with Crippen molar-refractivity contribution in [2.75, 3.05) is 13.2 Å². The van der Waals surface area contributed by atoms with Crippen LogP contribution < -0.4 is 0 Å². The predicted molar refractivity (Wildman–Crippen MR) is 67.3 cm³/mol. The average molecular weight is 229 g/mol. The summed E-state index contributed by atoms with van der Waals surface area (Å²) in [6.07, 6.45) is 5.54. The smallest absolute Gasteiger partial charge is 0.414 e. The second kappa shape index (κ2) is 5.34. The Morgan fingerprint density at radius 3 is 2.71 bits per heavy atom. The average Bonchev–Trinajstić information content (AvgIpc) is 2.76. The monoisotopic (exact) mass is 229 g/mol.